The van der Waals surface area contributed by atoms with E-state index < -0.39 is 59.3 Å². The van der Waals surface area contributed by atoms with Crippen molar-refractivity contribution in [1.29, 1.82) is 0 Å². The van der Waals surface area contributed by atoms with Crippen molar-refractivity contribution in [2.75, 3.05) is 0 Å². The number of carbonyl (C=O) groups excluding carboxylic acids is 1. The van der Waals surface area contributed by atoms with Crippen LogP contribution in [0.15, 0.2) is 0 Å². The van der Waals surface area contributed by atoms with Gasteiger partial charge in [0.05, 0.1) is 35.9 Å². The van der Waals surface area contributed by atoms with Gasteiger partial charge in [-0.15, -0.1) is 0 Å². The standard InChI is InChI=1S/C21H38O7/c1-8-14(22)21(7,26)18-13(5)16-10(2)9-20(6,28-16)17(24)11(3)15(23)12(4)19(25)27-18/h10-18,22-24,26H,8-9H2,1-7H3/t10?,11-,12+,13-,14+,15+,16?,17+,18+,20+,21+/m0/s1. The normalized spacial score (nSPS) is 48.3. The SMILES string of the molecule is CC[C@@H](O)[C@@](C)(O)[C@@H]1OC(=O)[C@H](C)[C@H](O)[C@H](C)[C@@H](O)[C@@]2(C)CC(C)C(O2)[C@@H]1C. The molecule has 2 aliphatic rings. The molecule has 0 saturated carbocycles. The largest absolute Gasteiger partial charge is 0.459 e. The average Bonchev–Trinajstić information content (AvgIpc) is 2.96. The number of hydrogen-bond donors (Lipinski definition) is 4. The topological polar surface area (TPSA) is 116 Å². The highest BCUT2D eigenvalue weighted by molar-refractivity contribution is 5.73. The molecule has 11 atom stereocenters. The maximum absolute atomic E-state index is 12.8. The molecule has 0 aromatic heterocycles. The molecular formula is C21H38O7. The van der Waals surface area contributed by atoms with Gasteiger partial charge in [0.15, 0.2) is 0 Å². The van der Waals surface area contributed by atoms with Gasteiger partial charge in [0.2, 0.25) is 0 Å². The van der Waals surface area contributed by atoms with Gasteiger partial charge in [0, 0.05) is 11.8 Å². The van der Waals surface area contributed by atoms with Crippen molar-refractivity contribution in [3.8, 4) is 0 Å². The maximum Gasteiger partial charge on any atom is 0.311 e. The number of hydrogen-bond acceptors (Lipinski definition) is 7. The van der Waals surface area contributed by atoms with Crippen molar-refractivity contribution in [2.45, 2.75) is 103 Å². The molecule has 7 heteroatoms. The van der Waals surface area contributed by atoms with Crippen LogP contribution in [0.1, 0.15) is 61.3 Å². The van der Waals surface area contributed by atoms with E-state index in [4.69, 9.17) is 9.47 Å². The molecule has 2 aliphatic heterocycles. The summed E-state index contributed by atoms with van der Waals surface area (Å²) in [6, 6.07) is 0. The number of aliphatic hydroxyl groups is 4. The molecule has 4 N–H and O–H groups in total. The summed E-state index contributed by atoms with van der Waals surface area (Å²) in [5, 5.41) is 43.1. The van der Waals surface area contributed by atoms with E-state index in [0.29, 0.717) is 12.8 Å². The minimum Gasteiger partial charge on any atom is -0.459 e. The molecule has 2 rings (SSSR count). The minimum absolute atomic E-state index is 0.0339. The predicted molar refractivity (Wildman–Crippen MR) is 103 cm³/mol. The molecule has 0 spiro atoms. The zero-order valence-corrected chi connectivity index (χ0v) is 18.1. The smallest absolute Gasteiger partial charge is 0.311 e. The third kappa shape index (κ3) is 3.97. The van der Waals surface area contributed by atoms with Crippen LogP contribution in [-0.4, -0.2) is 68.1 Å². The van der Waals surface area contributed by atoms with E-state index in [1.165, 1.54) is 6.92 Å². The third-order valence-corrected chi connectivity index (χ3v) is 7.12. The fourth-order valence-corrected chi connectivity index (χ4v) is 5.15. The Labute approximate surface area is 168 Å². The second-order valence-corrected chi connectivity index (χ2v) is 9.53. The van der Waals surface area contributed by atoms with Crippen molar-refractivity contribution < 1.29 is 34.7 Å². The molecule has 2 bridgehead atoms. The van der Waals surface area contributed by atoms with Crippen LogP contribution >= 0.6 is 0 Å². The molecule has 2 unspecified atom stereocenters. The van der Waals surface area contributed by atoms with Crippen LogP contribution in [0.3, 0.4) is 0 Å². The molecule has 164 valence electrons. The van der Waals surface area contributed by atoms with Crippen LogP contribution in [0.5, 0.6) is 0 Å². The van der Waals surface area contributed by atoms with Crippen LogP contribution in [0, 0.1) is 23.7 Å². The fraction of sp³-hybridized carbons (Fsp3) is 0.952. The lowest BCUT2D eigenvalue weighted by atomic mass is 9.76. The number of cyclic esters (lactones) is 1. The van der Waals surface area contributed by atoms with E-state index in [-0.39, 0.29) is 12.0 Å². The Morgan fingerprint density at radius 1 is 1.21 bits per heavy atom. The van der Waals surface area contributed by atoms with Gasteiger partial charge in [0.25, 0.3) is 0 Å². The fourth-order valence-electron chi connectivity index (χ4n) is 5.15. The summed E-state index contributed by atoms with van der Waals surface area (Å²) in [6.45, 7) is 12.1. The van der Waals surface area contributed by atoms with Crippen LogP contribution in [0.2, 0.25) is 0 Å². The molecule has 0 aromatic rings. The summed E-state index contributed by atoms with van der Waals surface area (Å²) >= 11 is 0. The number of ether oxygens (including phenoxy) is 2. The third-order valence-electron chi connectivity index (χ3n) is 7.12. The lowest BCUT2D eigenvalue weighted by Crippen LogP contribution is -2.57. The van der Waals surface area contributed by atoms with Gasteiger partial charge in [-0.05, 0) is 39.5 Å². The van der Waals surface area contributed by atoms with Gasteiger partial charge < -0.3 is 29.9 Å². The van der Waals surface area contributed by atoms with Crippen LogP contribution in [0.25, 0.3) is 0 Å². The van der Waals surface area contributed by atoms with E-state index >= 15 is 0 Å². The molecule has 2 fully saturated rings. The van der Waals surface area contributed by atoms with E-state index in [9.17, 15) is 25.2 Å². The Kier molecular flexibility index (Phi) is 6.88. The lowest BCUT2D eigenvalue weighted by molar-refractivity contribution is -0.205. The Hall–Kier alpha value is -0.730. The molecule has 28 heavy (non-hydrogen) atoms. The van der Waals surface area contributed by atoms with Crippen molar-refractivity contribution >= 4 is 5.97 Å². The minimum atomic E-state index is -1.69. The lowest BCUT2D eigenvalue weighted by Gasteiger charge is -2.42. The van der Waals surface area contributed by atoms with E-state index in [0.717, 1.165) is 0 Å². The summed E-state index contributed by atoms with van der Waals surface area (Å²) in [6.07, 6.45) is -3.72. The summed E-state index contributed by atoms with van der Waals surface area (Å²) in [4.78, 5) is 12.8. The Bertz CT molecular complexity index is 565. The van der Waals surface area contributed by atoms with Crippen LogP contribution in [-0.2, 0) is 14.3 Å². The highest BCUT2D eigenvalue weighted by Gasteiger charge is 2.55. The monoisotopic (exact) mass is 402 g/mol. The second kappa shape index (κ2) is 8.19. The highest BCUT2D eigenvalue weighted by Crippen LogP contribution is 2.45. The molecule has 2 heterocycles. The van der Waals surface area contributed by atoms with Crippen LogP contribution < -0.4 is 0 Å². The zero-order chi connectivity index (χ0) is 21.6. The molecular weight excluding hydrogens is 364 g/mol. The summed E-state index contributed by atoms with van der Waals surface area (Å²) in [5.74, 6) is -2.56. The van der Waals surface area contributed by atoms with Crippen molar-refractivity contribution in [3.05, 3.63) is 0 Å². The summed E-state index contributed by atoms with van der Waals surface area (Å²) < 4.78 is 12.0. The van der Waals surface area contributed by atoms with Gasteiger partial charge >= 0.3 is 5.97 Å². The zero-order valence-electron chi connectivity index (χ0n) is 18.1. The number of carbonyl (C=O) groups is 1. The first-order valence-electron chi connectivity index (χ1n) is 10.4. The molecule has 7 nitrogen and oxygen atoms in total. The van der Waals surface area contributed by atoms with Crippen molar-refractivity contribution in [1.82, 2.24) is 0 Å². The van der Waals surface area contributed by atoms with Gasteiger partial charge in [-0.1, -0.05) is 27.7 Å². The summed E-state index contributed by atoms with van der Waals surface area (Å²) in [7, 11) is 0. The van der Waals surface area contributed by atoms with Gasteiger partial charge in [-0.2, -0.15) is 0 Å². The summed E-state index contributed by atoms with van der Waals surface area (Å²) in [5.41, 5.74) is -2.57. The van der Waals surface area contributed by atoms with E-state index in [1.807, 2.05) is 20.8 Å². The quantitative estimate of drug-likeness (QED) is 0.525. The number of aliphatic hydroxyl groups excluding tert-OH is 3. The first-order chi connectivity index (χ1) is 12.8. The Morgan fingerprint density at radius 2 is 1.79 bits per heavy atom. The van der Waals surface area contributed by atoms with Crippen molar-refractivity contribution in [2.24, 2.45) is 23.7 Å². The second-order valence-electron chi connectivity index (χ2n) is 9.53. The highest BCUT2D eigenvalue weighted by atomic mass is 16.6. The van der Waals surface area contributed by atoms with Crippen LogP contribution in [0.4, 0.5) is 0 Å². The van der Waals surface area contributed by atoms with Crippen molar-refractivity contribution in [3.63, 3.8) is 0 Å². The maximum atomic E-state index is 12.8. The molecule has 0 amide bonds. The number of fused-ring (bicyclic) bond motifs is 2. The molecule has 0 radical (unpaired) electrons. The van der Waals surface area contributed by atoms with E-state index in [2.05, 4.69) is 0 Å². The number of rotatable bonds is 3. The van der Waals surface area contributed by atoms with Gasteiger partial charge in [0.1, 0.15) is 11.7 Å². The van der Waals surface area contributed by atoms with Gasteiger partial charge in [-0.3, -0.25) is 4.79 Å². The molecule has 2 saturated heterocycles. The van der Waals surface area contributed by atoms with E-state index in [1.54, 1.807) is 20.8 Å². The average molecular weight is 403 g/mol. The Morgan fingerprint density at radius 3 is 2.32 bits per heavy atom. The Balaban J connectivity index is 2.52. The first kappa shape index (κ1) is 23.5. The molecule has 0 aliphatic carbocycles. The number of esters is 1. The predicted octanol–water partition coefficient (Wildman–Crippen LogP) is 1.25. The molecule has 0 aromatic carbocycles. The van der Waals surface area contributed by atoms with Gasteiger partial charge in [-0.25, -0.2) is 0 Å². The first-order valence-corrected chi connectivity index (χ1v) is 10.4.